The topological polar surface area (TPSA) is 70.3 Å². The average Bonchev–Trinajstić information content (AvgIpc) is 2.70. The zero-order valence-electron chi connectivity index (χ0n) is 8.68. The predicted octanol–water partition coefficient (Wildman–Crippen LogP) is -0.539. The molecule has 92 valence electrons. The molecule has 1 heterocycles. The van der Waals surface area contributed by atoms with Crippen molar-refractivity contribution >= 4 is 0 Å². The lowest BCUT2D eigenvalue weighted by atomic mass is 10.3. The van der Waals surface area contributed by atoms with Crippen LogP contribution in [0.3, 0.4) is 0 Å². The van der Waals surface area contributed by atoms with Crippen LogP contribution in [-0.2, 0) is 6.54 Å². The summed E-state index contributed by atoms with van der Waals surface area (Å²) in [6.07, 6.45) is 2.44. The first-order valence-electron chi connectivity index (χ1n) is 4.88. The second kappa shape index (κ2) is 5.88. The third-order valence-corrected chi connectivity index (χ3v) is 1.95. The molecule has 3 N–H and O–H groups in total. The predicted molar refractivity (Wildman–Crippen MR) is 53.1 cm³/mol. The van der Waals surface area contributed by atoms with Gasteiger partial charge in [0.25, 0.3) is 5.92 Å². The quantitative estimate of drug-likeness (QED) is 0.593. The van der Waals surface area contributed by atoms with Crippen LogP contribution in [0.15, 0.2) is 18.5 Å². The van der Waals surface area contributed by atoms with E-state index in [4.69, 9.17) is 5.11 Å². The molecular formula is C9H15F2N3O2. The van der Waals surface area contributed by atoms with Crippen LogP contribution in [0.5, 0.6) is 0 Å². The Kier molecular flexibility index (Phi) is 4.78. The van der Waals surface area contributed by atoms with Gasteiger partial charge in [-0.1, -0.05) is 0 Å². The van der Waals surface area contributed by atoms with Gasteiger partial charge in [-0.15, -0.1) is 0 Å². The summed E-state index contributed by atoms with van der Waals surface area (Å²) in [5, 5.41) is 24.0. The molecule has 0 fully saturated rings. The van der Waals surface area contributed by atoms with Crippen LogP contribution in [0.25, 0.3) is 0 Å². The van der Waals surface area contributed by atoms with Gasteiger partial charge >= 0.3 is 0 Å². The highest BCUT2D eigenvalue weighted by Crippen LogP contribution is 2.09. The van der Waals surface area contributed by atoms with Gasteiger partial charge in [-0.3, -0.25) is 4.68 Å². The molecule has 0 aromatic carbocycles. The highest BCUT2D eigenvalue weighted by Gasteiger charge is 2.27. The third-order valence-electron chi connectivity index (χ3n) is 1.95. The van der Waals surface area contributed by atoms with E-state index in [0.29, 0.717) is 0 Å². The molecule has 0 spiro atoms. The zero-order valence-corrected chi connectivity index (χ0v) is 8.68. The zero-order chi connectivity index (χ0) is 12.0. The van der Waals surface area contributed by atoms with Crippen LogP contribution >= 0.6 is 0 Å². The van der Waals surface area contributed by atoms with Crippen molar-refractivity contribution in [2.45, 2.75) is 18.6 Å². The molecule has 0 amide bonds. The summed E-state index contributed by atoms with van der Waals surface area (Å²) >= 11 is 0. The van der Waals surface area contributed by atoms with Crippen molar-refractivity contribution in [3.63, 3.8) is 0 Å². The molecular weight excluding hydrogens is 220 g/mol. The fourth-order valence-corrected chi connectivity index (χ4v) is 1.17. The van der Waals surface area contributed by atoms with E-state index >= 15 is 0 Å². The number of rotatable bonds is 7. The van der Waals surface area contributed by atoms with Crippen LogP contribution < -0.4 is 5.32 Å². The number of nitrogens with one attached hydrogen (secondary N) is 1. The molecule has 0 aliphatic carbocycles. The van der Waals surface area contributed by atoms with Crippen molar-refractivity contribution in [2.24, 2.45) is 0 Å². The second-order valence-electron chi connectivity index (χ2n) is 3.53. The van der Waals surface area contributed by atoms with Crippen LogP contribution in [0, 0.1) is 0 Å². The van der Waals surface area contributed by atoms with E-state index in [1.807, 2.05) is 0 Å². The molecule has 1 unspecified atom stereocenters. The minimum Gasteiger partial charge on any atom is -0.390 e. The van der Waals surface area contributed by atoms with E-state index < -0.39 is 25.2 Å². The largest absolute Gasteiger partial charge is 0.390 e. The van der Waals surface area contributed by atoms with Crippen LogP contribution in [0.2, 0.25) is 0 Å². The third kappa shape index (κ3) is 4.65. The number of nitrogens with zero attached hydrogens (tertiary/aromatic N) is 2. The normalized spacial score (nSPS) is 14.0. The van der Waals surface area contributed by atoms with Crippen LogP contribution in [0.1, 0.15) is 0 Å². The monoisotopic (exact) mass is 235 g/mol. The summed E-state index contributed by atoms with van der Waals surface area (Å²) in [7, 11) is 0. The van der Waals surface area contributed by atoms with Gasteiger partial charge in [-0.2, -0.15) is 5.10 Å². The van der Waals surface area contributed by atoms with E-state index in [1.165, 1.54) is 4.68 Å². The molecule has 7 heteroatoms. The molecule has 0 radical (unpaired) electrons. The van der Waals surface area contributed by atoms with Gasteiger partial charge in [0, 0.05) is 18.9 Å². The Morgan fingerprint density at radius 1 is 1.50 bits per heavy atom. The first kappa shape index (κ1) is 13.0. The van der Waals surface area contributed by atoms with E-state index in [-0.39, 0.29) is 13.1 Å². The van der Waals surface area contributed by atoms with E-state index in [0.717, 1.165) is 0 Å². The van der Waals surface area contributed by atoms with Gasteiger partial charge < -0.3 is 15.5 Å². The lowest BCUT2D eigenvalue weighted by Gasteiger charge is -2.16. The van der Waals surface area contributed by atoms with Gasteiger partial charge in [-0.25, -0.2) is 8.78 Å². The first-order valence-corrected chi connectivity index (χ1v) is 4.88. The Hall–Kier alpha value is -1.05. The maximum Gasteiger partial charge on any atom is 0.282 e. The van der Waals surface area contributed by atoms with Gasteiger partial charge in [0.1, 0.15) is 6.61 Å². The fourth-order valence-electron chi connectivity index (χ4n) is 1.17. The molecule has 0 bridgehead atoms. The minimum absolute atomic E-state index is 0.0233. The van der Waals surface area contributed by atoms with Gasteiger partial charge in [0.2, 0.25) is 0 Å². The summed E-state index contributed by atoms with van der Waals surface area (Å²) < 4.78 is 26.6. The first-order chi connectivity index (χ1) is 7.53. The van der Waals surface area contributed by atoms with Crippen molar-refractivity contribution in [1.29, 1.82) is 0 Å². The molecule has 1 rings (SSSR count). The molecule has 0 saturated carbocycles. The molecule has 1 atom stereocenters. The molecule has 5 nitrogen and oxygen atoms in total. The van der Waals surface area contributed by atoms with E-state index in [1.54, 1.807) is 18.5 Å². The van der Waals surface area contributed by atoms with Crippen LogP contribution in [-0.4, -0.2) is 51.7 Å². The molecule has 0 saturated heterocycles. The maximum absolute atomic E-state index is 12.6. The minimum atomic E-state index is -3.15. The Morgan fingerprint density at radius 3 is 2.81 bits per heavy atom. The lowest BCUT2D eigenvalue weighted by Crippen LogP contribution is -2.40. The summed E-state index contributed by atoms with van der Waals surface area (Å²) in [6, 6.07) is 1.71. The van der Waals surface area contributed by atoms with Crippen molar-refractivity contribution in [2.75, 3.05) is 19.7 Å². The number of aliphatic hydroxyl groups excluding tert-OH is 2. The Bertz CT molecular complexity index is 293. The number of hydrogen-bond acceptors (Lipinski definition) is 4. The van der Waals surface area contributed by atoms with Crippen LogP contribution in [0.4, 0.5) is 8.78 Å². The molecule has 1 aromatic rings. The number of hydrogen-bond donors (Lipinski definition) is 3. The smallest absolute Gasteiger partial charge is 0.282 e. The van der Waals surface area contributed by atoms with Gasteiger partial charge in [0.05, 0.1) is 19.2 Å². The SMILES string of the molecule is OCC(F)(F)CNCC(O)Cn1cccn1. The molecule has 16 heavy (non-hydrogen) atoms. The number of aliphatic hydroxyl groups is 2. The number of aromatic nitrogens is 2. The molecule has 1 aromatic heterocycles. The van der Waals surface area contributed by atoms with E-state index in [9.17, 15) is 13.9 Å². The summed E-state index contributed by atoms with van der Waals surface area (Å²) in [6.45, 7) is -1.59. The van der Waals surface area contributed by atoms with Crippen molar-refractivity contribution in [3.05, 3.63) is 18.5 Å². The Morgan fingerprint density at radius 2 is 2.25 bits per heavy atom. The molecule has 0 aliphatic heterocycles. The highest BCUT2D eigenvalue weighted by atomic mass is 19.3. The molecule has 0 aliphatic rings. The number of halogens is 2. The second-order valence-corrected chi connectivity index (χ2v) is 3.53. The van der Waals surface area contributed by atoms with Gasteiger partial charge in [-0.05, 0) is 6.07 Å². The highest BCUT2D eigenvalue weighted by molar-refractivity contribution is 4.79. The van der Waals surface area contributed by atoms with Crippen molar-refractivity contribution in [3.8, 4) is 0 Å². The Labute approximate surface area is 91.7 Å². The average molecular weight is 235 g/mol. The maximum atomic E-state index is 12.6. The fraction of sp³-hybridized carbons (Fsp3) is 0.667. The summed E-state index contributed by atoms with van der Waals surface area (Å²) in [4.78, 5) is 0. The van der Waals surface area contributed by atoms with Crippen molar-refractivity contribution in [1.82, 2.24) is 15.1 Å². The number of alkyl halides is 2. The van der Waals surface area contributed by atoms with Gasteiger partial charge in [0.15, 0.2) is 0 Å². The van der Waals surface area contributed by atoms with E-state index in [2.05, 4.69) is 10.4 Å². The Balaban J connectivity index is 2.18. The summed E-state index contributed by atoms with van der Waals surface area (Å²) in [5.41, 5.74) is 0. The lowest BCUT2D eigenvalue weighted by molar-refractivity contribution is -0.0490. The summed E-state index contributed by atoms with van der Waals surface area (Å²) in [5.74, 6) is -3.15. The van der Waals surface area contributed by atoms with Crippen molar-refractivity contribution < 1.29 is 19.0 Å². The standard InChI is InChI=1S/C9H15F2N3O2/c10-9(11,7-15)6-12-4-8(16)5-14-3-1-2-13-14/h1-3,8,12,15-16H,4-7H2.